The van der Waals surface area contributed by atoms with Gasteiger partial charge >= 0.3 is 5.97 Å². The largest absolute Gasteiger partial charge is 0.496 e. The number of ether oxygens (including phenoxy) is 2. The zero-order valence-electron chi connectivity index (χ0n) is 17.6. The molecule has 1 N–H and O–H groups in total. The first kappa shape index (κ1) is 22.0. The number of hydrogen-bond acceptors (Lipinski definition) is 5. The third kappa shape index (κ3) is 4.86. The molecule has 6 nitrogen and oxygen atoms in total. The maximum Gasteiger partial charge on any atom is 0.345 e. The zero-order valence-corrected chi connectivity index (χ0v) is 18.4. The number of esters is 1. The molecule has 0 heterocycles. The lowest BCUT2D eigenvalue weighted by molar-refractivity contribution is 0.0734. The molecular formula is C26H19ClN2O4. The van der Waals surface area contributed by atoms with Crippen molar-refractivity contribution in [1.82, 2.24) is 5.43 Å². The van der Waals surface area contributed by atoms with Crippen LogP contribution in [0.25, 0.3) is 10.8 Å². The average molecular weight is 459 g/mol. The van der Waals surface area contributed by atoms with E-state index in [1.54, 1.807) is 54.6 Å². The molecule has 0 atom stereocenters. The van der Waals surface area contributed by atoms with Crippen LogP contribution in [0.1, 0.15) is 26.3 Å². The maximum atomic E-state index is 12.7. The Morgan fingerprint density at radius 3 is 2.33 bits per heavy atom. The van der Waals surface area contributed by atoms with Crippen molar-refractivity contribution >= 4 is 40.5 Å². The number of halogens is 1. The summed E-state index contributed by atoms with van der Waals surface area (Å²) in [5, 5.41) is 6.12. The summed E-state index contributed by atoms with van der Waals surface area (Å²) < 4.78 is 10.9. The van der Waals surface area contributed by atoms with Crippen LogP contribution in [0.15, 0.2) is 90.0 Å². The van der Waals surface area contributed by atoms with Crippen molar-refractivity contribution in [2.75, 3.05) is 7.11 Å². The molecule has 0 radical (unpaired) electrons. The number of carbonyl (C=O) groups excluding carboxylic acids is 2. The highest BCUT2D eigenvalue weighted by atomic mass is 35.5. The fraction of sp³-hybridized carbons (Fsp3) is 0.0385. The Morgan fingerprint density at radius 1 is 0.848 bits per heavy atom. The lowest BCUT2D eigenvalue weighted by Gasteiger charge is -2.11. The molecule has 164 valence electrons. The Kier molecular flexibility index (Phi) is 6.66. The van der Waals surface area contributed by atoms with Gasteiger partial charge in [-0.2, -0.15) is 5.10 Å². The van der Waals surface area contributed by atoms with Gasteiger partial charge in [-0.05, 0) is 41.1 Å². The van der Waals surface area contributed by atoms with E-state index in [1.165, 1.54) is 13.3 Å². The van der Waals surface area contributed by atoms with Gasteiger partial charge in [0.25, 0.3) is 5.91 Å². The normalized spacial score (nSPS) is 10.8. The number of benzene rings is 4. The van der Waals surface area contributed by atoms with Crippen LogP contribution in [0.2, 0.25) is 5.02 Å². The molecule has 0 aliphatic rings. The van der Waals surface area contributed by atoms with Crippen molar-refractivity contribution < 1.29 is 19.1 Å². The minimum Gasteiger partial charge on any atom is -0.496 e. The van der Waals surface area contributed by atoms with Gasteiger partial charge in [0.15, 0.2) is 0 Å². The van der Waals surface area contributed by atoms with Gasteiger partial charge in [-0.15, -0.1) is 0 Å². The molecule has 0 bridgehead atoms. The topological polar surface area (TPSA) is 77.0 Å². The molecule has 7 heteroatoms. The van der Waals surface area contributed by atoms with E-state index in [0.717, 1.165) is 10.8 Å². The molecule has 33 heavy (non-hydrogen) atoms. The second kappa shape index (κ2) is 9.97. The highest BCUT2D eigenvalue weighted by Gasteiger charge is 2.16. The fourth-order valence-corrected chi connectivity index (χ4v) is 3.54. The van der Waals surface area contributed by atoms with E-state index in [1.807, 2.05) is 30.3 Å². The molecule has 0 saturated carbocycles. The van der Waals surface area contributed by atoms with E-state index in [-0.39, 0.29) is 11.3 Å². The molecule has 0 spiro atoms. The van der Waals surface area contributed by atoms with Crippen molar-refractivity contribution in [3.8, 4) is 11.5 Å². The van der Waals surface area contributed by atoms with Crippen LogP contribution in [-0.4, -0.2) is 25.2 Å². The summed E-state index contributed by atoms with van der Waals surface area (Å²) in [6, 6.07) is 24.6. The number of nitrogens with zero attached hydrogens (tertiary/aromatic N) is 1. The van der Waals surface area contributed by atoms with E-state index in [2.05, 4.69) is 10.5 Å². The number of rotatable bonds is 6. The molecule has 4 rings (SSSR count). The first-order valence-corrected chi connectivity index (χ1v) is 10.4. The number of nitrogens with one attached hydrogen (secondary N) is 1. The first-order chi connectivity index (χ1) is 16.1. The number of carbonyl (C=O) groups is 2. The number of hydrogen-bond donors (Lipinski definition) is 1. The summed E-state index contributed by atoms with van der Waals surface area (Å²) >= 11 is 6.14. The van der Waals surface area contributed by atoms with Gasteiger partial charge in [-0.25, -0.2) is 10.2 Å². The van der Waals surface area contributed by atoms with Gasteiger partial charge in [-0.3, -0.25) is 4.79 Å². The Hall–Kier alpha value is -4.16. The number of para-hydroxylation sites is 1. The highest BCUT2D eigenvalue weighted by molar-refractivity contribution is 6.33. The van der Waals surface area contributed by atoms with Crippen LogP contribution in [0.5, 0.6) is 11.5 Å². The quantitative estimate of drug-likeness (QED) is 0.179. The summed E-state index contributed by atoms with van der Waals surface area (Å²) in [4.78, 5) is 25.3. The summed E-state index contributed by atoms with van der Waals surface area (Å²) in [6.45, 7) is 0. The van der Waals surface area contributed by atoms with E-state index in [4.69, 9.17) is 21.1 Å². The number of amides is 1. The van der Waals surface area contributed by atoms with Gasteiger partial charge in [0, 0.05) is 5.56 Å². The van der Waals surface area contributed by atoms with Gasteiger partial charge in [0.1, 0.15) is 11.5 Å². The predicted molar refractivity (Wildman–Crippen MR) is 128 cm³/mol. The molecule has 0 unspecified atom stereocenters. The second-order valence-electron chi connectivity index (χ2n) is 6.97. The molecule has 0 saturated heterocycles. The zero-order chi connectivity index (χ0) is 23.2. The molecule has 0 fully saturated rings. The molecule has 4 aromatic rings. The molecule has 0 aliphatic heterocycles. The van der Waals surface area contributed by atoms with E-state index in [0.29, 0.717) is 21.9 Å². The van der Waals surface area contributed by atoms with Crippen LogP contribution in [0.3, 0.4) is 0 Å². The highest BCUT2D eigenvalue weighted by Crippen LogP contribution is 2.28. The van der Waals surface area contributed by atoms with Gasteiger partial charge in [0.05, 0.1) is 29.5 Å². The van der Waals surface area contributed by atoms with Crippen molar-refractivity contribution in [2.24, 2.45) is 5.10 Å². The Labute approximate surface area is 195 Å². The molecule has 1 amide bonds. The lowest BCUT2D eigenvalue weighted by atomic mass is 10.0. The van der Waals surface area contributed by atoms with E-state index < -0.39 is 11.9 Å². The standard InChI is InChI=1S/C26H19ClN2O4/c1-32-23-13-7-5-11-20(23)25(30)29-28-16-21-18-9-3-2-8-17(18)14-15-24(21)33-26(31)19-10-4-6-12-22(19)27/h2-16H,1H3,(H,29,30)/b28-16-. The third-order valence-corrected chi connectivity index (χ3v) is 5.27. The SMILES string of the molecule is COc1ccccc1C(=O)N/N=C\c1c(OC(=O)c2ccccc2Cl)ccc2ccccc12. The number of hydrazone groups is 1. The Morgan fingerprint density at radius 2 is 1.55 bits per heavy atom. The Bertz CT molecular complexity index is 1370. The second-order valence-corrected chi connectivity index (χ2v) is 7.37. The third-order valence-electron chi connectivity index (χ3n) is 4.94. The van der Waals surface area contributed by atoms with E-state index >= 15 is 0 Å². The maximum absolute atomic E-state index is 12.7. The molecule has 4 aromatic carbocycles. The minimum atomic E-state index is -0.594. The van der Waals surface area contributed by atoms with Gasteiger partial charge < -0.3 is 9.47 Å². The van der Waals surface area contributed by atoms with Crippen LogP contribution in [0.4, 0.5) is 0 Å². The summed E-state index contributed by atoms with van der Waals surface area (Å²) in [5.41, 5.74) is 3.63. The van der Waals surface area contributed by atoms with Gasteiger partial charge in [0.2, 0.25) is 0 Å². The minimum absolute atomic E-state index is 0.250. The lowest BCUT2D eigenvalue weighted by Crippen LogP contribution is -2.18. The number of methoxy groups -OCH3 is 1. The van der Waals surface area contributed by atoms with Crippen LogP contribution < -0.4 is 14.9 Å². The Balaban J connectivity index is 1.65. The molecule has 0 aromatic heterocycles. The van der Waals surface area contributed by atoms with Crippen molar-refractivity contribution in [3.05, 3.63) is 107 Å². The van der Waals surface area contributed by atoms with Gasteiger partial charge in [-0.1, -0.05) is 66.2 Å². The summed E-state index contributed by atoms with van der Waals surface area (Å²) in [7, 11) is 1.49. The fourth-order valence-electron chi connectivity index (χ4n) is 3.33. The van der Waals surface area contributed by atoms with Crippen LogP contribution >= 0.6 is 11.6 Å². The summed E-state index contributed by atoms with van der Waals surface area (Å²) in [6.07, 6.45) is 1.45. The van der Waals surface area contributed by atoms with Crippen molar-refractivity contribution in [1.29, 1.82) is 0 Å². The van der Waals surface area contributed by atoms with E-state index in [9.17, 15) is 9.59 Å². The van der Waals surface area contributed by atoms with Crippen LogP contribution in [-0.2, 0) is 0 Å². The first-order valence-electron chi connectivity index (χ1n) is 10.0. The van der Waals surface area contributed by atoms with Crippen molar-refractivity contribution in [3.63, 3.8) is 0 Å². The van der Waals surface area contributed by atoms with Crippen molar-refractivity contribution in [2.45, 2.75) is 0 Å². The van der Waals surface area contributed by atoms with Crippen LogP contribution in [0, 0.1) is 0 Å². The predicted octanol–water partition coefficient (Wildman–Crippen LogP) is 5.48. The number of fused-ring (bicyclic) bond motifs is 1. The molecule has 0 aliphatic carbocycles. The molecular weight excluding hydrogens is 440 g/mol. The smallest absolute Gasteiger partial charge is 0.345 e. The average Bonchev–Trinajstić information content (AvgIpc) is 2.85. The summed E-state index contributed by atoms with van der Waals surface area (Å²) in [5.74, 6) is -0.305. The monoisotopic (exact) mass is 458 g/mol.